The van der Waals surface area contributed by atoms with E-state index < -0.39 is 5.60 Å². The standard InChI is InChI=1S/C22H27N5O3/c28-19-14-18(22(30-19)12-4-5-13-22)21(29)23-16-8-10-17(11-9-16)27-25-20(24-26-27)15-6-2-1-3-7-15/h1-3,6-7,16-18H,4-5,8-14H2,(H,23,29). The number of esters is 1. The van der Waals surface area contributed by atoms with E-state index in [0.717, 1.165) is 56.9 Å². The molecule has 0 radical (unpaired) electrons. The van der Waals surface area contributed by atoms with Crippen LogP contribution in [0.3, 0.4) is 0 Å². The van der Waals surface area contributed by atoms with Crippen LogP contribution in [0, 0.1) is 5.92 Å². The van der Waals surface area contributed by atoms with Gasteiger partial charge in [0.15, 0.2) is 0 Å². The number of aromatic nitrogens is 4. The van der Waals surface area contributed by atoms with Gasteiger partial charge in [0.1, 0.15) is 5.60 Å². The minimum atomic E-state index is -0.545. The highest BCUT2D eigenvalue weighted by Crippen LogP contribution is 2.45. The Bertz CT molecular complexity index is 914. The lowest BCUT2D eigenvalue weighted by Gasteiger charge is -2.32. The van der Waals surface area contributed by atoms with Crippen molar-refractivity contribution < 1.29 is 14.3 Å². The first-order valence-electron chi connectivity index (χ1n) is 11.0. The van der Waals surface area contributed by atoms with E-state index in [2.05, 4.69) is 20.7 Å². The highest BCUT2D eigenvalue weighted by molar-refractivity contribution is 5.88. The Balaban J connectivity index is 1.17. The summed E-state index contributed by atoms with van der Waals surface area (Å²) in [5, 5.41) is 16.2. The predicted octanol–water partition coefficient (Wildman–Crippen LogP) is 2.82. The number of hydrogen-bond donors (Lipinski definition) is 1. The summed E-state index contributed by atoms with van der Waals surface area (Å²) < 4.78 is 5.62. The average Bonchev–Trinajstić information content (AvgIpc) is 3.50. The molecular formula is C22H27N5O3. The number of hydrogen-bond acceptors (Lipinski definition) is 6. The smallest absolute Gasteiger partial charge is 0.307 e. The van der Waals surface area contributed by atoms with Crippen molar-refractivity contribution in [1.82, 2.24) is 25.5 Å². The maximum absolute atomic E-state index is 12.9. The summed E-state index contributed by atoms with van der Waals surface area (Å²) in [5.41, 5.74) is 0.413. The van der Waals surface area contributed by atoms with Crippen LogP contribution in [0.25, 0.3) is 11.4 Å². The molecule has 158 valence electrons. The van der Waals surface area contributed by atoms with Crippen molar-refractivity contribution >= 4 is 11.9 Å². The molecule has 1 atom stereocenters. The molecule has 2 aromatic rings. The third kappa shape index (κ3) is 3.59. The predicted molar refractivity (Wildman–Crippen MR) is 108 cm³/mol. The summed E-state index contributed by atoms with van der Waals surface area (Å²) in [6.07, 6.45) is 7.40. The molecule has 1 N–H and O–H groups in total. The first-order chi connectivity index (χ1) is 14.6. The van der Waals surface area contributed by atoms with Gasteiger partial charge in [-0.3, -0.25) is 9.59 Å². The number of ether oxygens (including phenoxy) is 1. The Morgan fingerprint density at radius 3 is 2.57 bits per heavy atom. The Kier molecular flexibility index (Phi) is 5.00. The largest absolute Gasteiger partial charge is 0.458 e. The number of nitrogens with one attached hydrogen (secondary N) is 1. The van der Waals surface area contributed by atoms with Gasteiger partial charge in [0.2, 0.25) is 11.7 Å². The Morgan fingerprint density at radius 1 is 1.10 bits per heavy atom. The monoisotopic (exact) mass is 409 g/mol. The van der Waals surface area contributed by atoms with Crippen molar-refractivity contribution in [1.29, 1.82) is 0 Å². The fraction of sp³-hybridized carbons (Fsp3) is 0.591. The molecule has 5 rings (SSSR count). The zero-order chi connectivity index (χ0) is 20.6. The van der Waals surface area contributed by atoms with Crippen LogP contribution in [0.1, 0.15) is 63.8 Å². The molecule has 3 aliphatic rings. The summed E-state index contributed by atoms with van der Waals surface area (Å²) in [6.45, 7) is 0. The van der Waals surface area contributed by atoms with Crippen LogP contribution in [-0.2, 0) is 14.3 Å². The Hall–Kier alpha value is -2.77. The van der Waals surface area contributed by atoms with Gasteiger partial charge < -0.3 is 10.1 Å². The van der Waals surface area contributed by atoms with E-state index >= 15 is 0 Å². The first-order valence-corrected chi connectivity index (χ1v) is 11.0. The molecular weight excluding hydrogens is 382 g/mol. The molecule has 1 aromatic carbocycles. The molecule has 1 spiro atoms. The van der Waals surface area contributed by atoms with Crippen LogP contribution in [-0.4, -0.2) is 43.7 Å². The van der Waals surface area contributed by atoms with Crippen molar-refractivity contribution in [3.05, 3.63) is 30.3 Å². The Labute approximate surface area is 175 Å². The number of benzene rings is 1. The first kappa shape index (κ1) is 19.2. The number of rotatable bonds is 4. The Morgan fingerprint density at radius 2 is 1.83 bits per heavy atom. The second-order valence-electron chi connectivity index (χ2n) is 8.82. The number of amides is 1. The highest BCUT2D eigenvalue weighted by Gasteiger charge is 2.54. The molecule has 8 heteroatoms. The normalized spacial score (nSPS) is 27.9. The minimum Gasteiger partial charge on any atom is -0.458 e. The zero-order valence-electron chi connectivity index (χ0n) is 17.0. The number of carbonyl (C=O) groups excluding carboxylic acids is 2. The van der Waals surface area contributed by atoms with Crippen LogP contribution < -0.4 is 5.32 Å². The fourth-order valence-electron chi connectivity index (χ4n) is 5.28. The molecule has 8 nitrogen and oxygen atoms in total. The molecule has 2 saturated carbocycles. The molecule has 30 heavy (non-hydrogen) atoms. The van der Waals surface area contributed by atoms with Crippen LogP contribution in [0.4, 0.5) is 0 Å². The van der Waals surface area contributed by atoms with Gasteiger partial charge in [0.25, 0.3) is 0 Å². The molecule has 3 fully saturated rings. The second kappa shape index (κ2) is 7.81. The van der Waals surface area contributed by atoms with Gasteiger partial charge in [0, 0.05) is 11.6 Å². The lowest BCUT2D eigenvalue weighted by molar-refractivity contribution is -0.150. The third-order valence-electron chi connectivity index (χ3n) is 6.92. The van der Waals surface area contributed by atoms with E-state index in [1.807, 2.05) is 30.3 Å². The lowest BCUT2D eigenvalue weighted by atomic mass is 9.84. The zero-order valence-corrected chi connectivity index (χ0v) is 17.0. The summed E-state index contributed by atoms with van der Waals surface area (Å²) in [6, 6.07) is 10.2. The van der Waals surface area contributed by atoms with Crippen molar-refractivity contribution in [2.45, 2.75) is 75.5 Å². The summed E-state index contributed by atoms with van der Waals surface area (Å²) in [4.78, 5) is 26.6. The van der Waals surface area contributed by atoms with Gasteiger partial charge in [-0.2, -0.15) is 4.80 Å². The number of nitrogens with zero attached hydrogens (tertiary/aromatic N) is 4. The molecule has 1 aliphatic heterocycles. The SMILES string of the molecule is O=C1CC(C(=O)NC2CCC(n3nnc(-c4ccccc4)n3)CC2)C2(CCCC2)O1. The lowest BCUT2D eigenvalue weighted by Crippen LogP contribution is -2.47. The summed E-state index contributed by atoms with van der Waals surface area (Å²) >= 11 is 0. The number of tetrazole rings is 1. The molecule has 0 bridgehead atoms. The molecule has 1 aromatic heterocycles. The van der Waals surface area contributed by atoms with E-state index in [4.69, 9.17) is 4.74 Å². The van der Waals surface area contributed by atoms with Crippen molar-refractivity contribution in [3.8, 4) is 11.4 Å². The van der Waals surface area contributed by atoms with Crippen LogP contribution in [0.15, 0.2) is 30.3 Å². The quantitative estimate of drug-likeness (QED) is 0.780. The van der Waals surface area contributed by atoms with Crippen molar-refractivity contribution in [3.63, 3.8) is 0 Å². The van der Waals surface area contributed by atoms with Gasteiger partial charge in [-0.1, -0.05) is 30.3 Å². The van der Waals surface area contributed by atoms with E-state index in [-0.39, 0.29) is 36.3 Å². The van der Waals surface area contributed by atoms with Crippen molar-refractivity contribution in [2.75, 3.05) is 0 Å². The molecule has 1 amide bonds. The summed E-state index contributed by atoms with van der Waals surface area (Å²) in [7, 11) is 0. The minimum absolute atomic E-state index is 0.0172. The summed E-state index contributed by atoms with van der Waals surface area (Å²) in [5.74, 6) is 0.0538. The van der Waals surface area contributed by atoms with Gasteiger partial charge in [-0.25, -0.2) is 0 Å². The topological polar surface area (TPSA) is 99.0 Å². The van der Waals surface area contributed by atoms with Crippen LogP contribution in [0.5, 0.6) is 0 Å². The highest BCUT2D eigenvalue weighted by atomic mass is 16.6. The van der Waals surface area contributed by atoms with Crippen LogP contribution >= 0.6 is 0 Å². The van der Waals surface area contributed by atoms with Gasteiger partial charge >= 0.3 is 5.97 Å². The van der Waals surface area contributed by atoms with E-state index in [9.17, 15) is 9.59 Å². The maximum atomic E-state index is 12.9. The van der Waals surface area contributed by atoms with Gasteiger partial charge in [-0.15, -0.1) is 10.2 Å². The maximum Gasteiger partial charge on any atom is 0.307 e. The number of carbonyl (C=O) groups is 2. The van der Waals surface area contributed by atoms with E-state index in [1.165, 1.54) is 0 Å². The average molecular weight is 409 g/mol. The molecule has 1 unspecified atom stereocenters. The third-order valence-corrected chi connectivity index (χ3v) is 6.92. The van der Waals surface area contributed by atoms with Gasteiger partial charge in [-0.05, 0) is 56.6 Å². The molecule has 1 saturated heterocycles. The second-order valence-corrected chi connectivity index (χ2v) is 8.82. The molecule has 2 heterocycles. The van der Waals surface area contributed by atoms with Crippen LogP contribution in [0.2, 0.25) is 0 Å². The van der Waals surface area contributed by atoms with Crippen molar-refractivity contribution in [2.24, 2.45) is 5.92 Å². The molecule has 2 aliphatic carbocycles. The fourth-order valence-corrected chi connectivity index (χ4v) is 5.28. The van der Waals surface area contributed by atoms with E-state index in [1.54, 1.807) is 4.80 Å². The van der Waals surface area contributed by atoms with E-state index in [0.29, 0.717) is 5.82 Å². The van der Waals surface area contributed by atoms with Gasteiger partial charge in [0.05, 0.1) is 18.4 Å².